The zero-order chi connectivity index (χ0) is 26.2. The highest BCUT2D eigenvalue weighted by atomic mass is 19.5. The fraction of sp³-hybridized carbons (Fsp3) is 0.519. The molecule has 0 saturated carbocycles. The van der Waals surface area contributed by atoms with E-state index in [9.17, 15) is 17.3 Å². The van der Waals surface area contributed by atoms with Gasteiger partial charge in [0.25, 0.3) is 5.52 Å². The van der Waals surface area contributed by atoms with Gasteiger partial charge in [-0.15, -0.1) is 4.57 Å². The number of benzene rings is 2. The summed E-state index contributed by atoms with van der Waals surface area (Å²) in [5, 5.41) is 0. The van der Waals surface area contributed by atoms with Crippen molar-refractivity contribution in [1.29, 1.82) is 0 Å². The van der Waals surface area contributed by atoms with Crippen LogP contribution >= 0.6 is 0 Å². The van der Waals surface area contributed by atoms with Crippen LogP contribution in [0, 0.1) is 0 Å². The topological polar surface area (TPSA) is 17.0 Å². The molecule has 2 nitrogen and oxygen atoms in total. The van der Waals surface area contributed by atoms with Crippen LogP contribution in [0.4, 0.5) is 17.3 Å². The van der Waals surface area contributed by atoms with Crippen molar-refractivity contribution in [2.24, 2.45) is 0 Å². The zero-order valence-electron chi connectivity index (χ0n) is 22.1. The standard InChI is InChI=1S/C27H38NO.BF4/c1-17(2)20-12-11-13-21(18(3)4)24(20)28-16-29-25-22(27(8,9)10)14-19(15-23(25)28)26(5,6)7;2-1(3,4)5/h11-18H,1-10H3;/q+1;-1. The SMILES string of the molecule is CC(C)c1cccc(C(C)C)c1-[n+]1coc2c(C(C)(C)C)cc(C(C)(C)C)cc21.F[B-](F)(F)F. The second-order valence-electron chi connectivity index (χ2n) is 11.6. The van der Waals surface area contributed by atoms with E-state index in [2.05, 4.69) is 104 Å². The molecule has 0 amide bonds. The summed E-state index contributed by atoms with van der Waals surface area (Å²) in [6, 6.07) is 11.4. The Balaban J connectivity index is 0.000000739. The molecule has 0 unspecified atom stereocenters. The van der Waals surface area contributed by atoms with Crippen molar-refractivity contribution in [3.8, 4) is 5.69 Å². The second-order valence-corrected chi connectivity index (χ2v) is 11.6. The Kier molecular flexibility index (Phi) is 8.01. The second kappa shape index (κ2) is 9.75. The lowest BCUT2D eigenvalue weighted by Crippen LogP contribution is -2.33. The van der Waals surface area contributed by atoms with Crippen LogP contribution in [0.5, 0.6) is 0 Å². The number of nitrogens with zero attached hydrogens (tertiary/aromatic N) is 1. The van der Waals surface area contributed by atoms with Gasteiger partial charge in [-0.2, -0.15) is 0 Å². The molecule has 0 bridgehead atoms. The van der Waals surface area contributed by atoms with E-state index >= 15 is 0 Å². The van der Waals surface area contributed by atoms with Crippen LogP contribution in [-0.2, 0) is 10.8 Å². The number of hydrogen-bond acceptors (Lipinski definition) is 1. The van der Waals surface area contributed by atoms with Crippen molar-refractivity contribution < 1.29 is 26.2 Å². The van der Waals surface area contributed by atoms with Crippen LogP contribution in [0.15, 0.2) is 41.1 Å². The third kappa shape index (κ3) is 6.64. The quantitative estimate of drug-likeness (QED) is 0.208. The van der Waals surface area contributed by atoms with E-state index in [0.29, 0.717) is 11.8 Å². The first kappa shape index (κ1) is 27.9. The molecule has 0 spiro atoms. The van der Waals surface area contributed by atoms with Gasteiger partial charge in [-0.3, -0.25) is 0 Å². The van der Waals surface area contributed by atoms with Crippen LogP contribution in [0.25, 0.3) is 16.8 Å². The third-order valence-electron chi connectivity index (χ3n) is 5.86. The van der Waals surface area contributed by atoms with Crippen molar-refractivity contribution in [2.75, 3.05) is 0 Å². The number of rotatable bonds is 3. The first-order chi connectivity index (χ1) is 15.3. The highest BCUT2D eigenvalue weighted by Crippen LogP contribution is 2.36. The number of aromatic nitrogens is 1. The van der Waals surface area contributed by atoms with Gasteiger partial charge in [0, 0.05) is 22.8 Å². The van der Waals surface area contributed by atoms with Crippen molar-refractivity contribution in [3.05, 3.63) is 59.0 Å². The lowest BCUT2D eigenvalue weighted by atomic mass is 9.80. The molecule has 2 aromatic carbocycles. The summed E-state index contributed by atoms with van der Waals surface area (Å²) in [4.78, 5) is 0. The maximum atomic E-state index is 9.75. The summed E-state index contributed by atoms with van der Waals surface area (Å²) in [5.41, 5.74) is 8.86. The van der Waals surface area contributed by atoms with Gasteiger partial charge in [0.1, 0.15) is 0 Å². The van der Waals surface area contributed by atoms with Crippen LogP contribution in [-0.4, -0.2) is 7.25 Å². The maximum Gasteiger partial charge on any atom is 0.673 e. The molecule has 0 fully saturated rings. The molecule has 7 heteroatoms. The molecule has 0 N–H and O–H groups in total. The van der Waals surface area contributed by atoms with Gasteiger partial charge in [-0.25, -0.2) is 0 Å². The Morgan fingerprint density at radius 2 is 1.26 bits per heavy atom. The predicted molar refractivity (Wildman–Crippen MR) is 134 cm³/mol. The van der Waals surface area contributed by atoms with E-state index in [1.807, 2.05) is 6.39 Å². The van der Waals surface area contributed by atoms with Gasteiger partial charge < -0.3 is 21.7 Å². The monoisotopic (exact) mass is 479 g/mol. The third-order valence-corrected chi connectivity index (χ3v) is 5.86. The number of fused-ring (bicyclic) bond motifs is 1. The van der Waals surface area contributed by atoms with Crippen LogP contribution in [0.2, 0.25) is 0 Å². The van der Waals surface area contributed by atoms with Crippen molar-refractivity contribution in [3.63, 3.8) is 0 Å². The average Bonchev–Trinajstić information content (AvgIpc) is 3.07. The minimum Gasteiger partial charge on any atom is -0.418 e. The summed E-state index contributed by atoms with van der Waals surface area (Å²) < 4.78 is 47.6. The molecule has 34 heavy (non-hydrogen) atoms. The number of halogens is 4. The first-order valence-corrected chi connectivity index (χ1v) is 11.8. The Hall–Kier alpha value is -2.31. The van der Waals surface area contributed by atoms with E-state index in [0.717, 1.165) is 11.1 Å². The molecule has 0 aliphatic rings. The van der Waals surface area contributed by atoms with Gasteiger partial charge in [-0.1, -0.05) is 93.5 Å². The van der Waals surface area contributed by atoms with E-state index in [1.165, 1.54) is 27.9 Å². The van der Waals surface area contributed by atoms with Crippen molar-refractivity contribution in [1.82, 2.24) is 0 Å². The highest BCUT2D eigenvalue weighted by Gasteiger charge is 2.31. The number of hydrogen-bond donors (Lipinski definition) is 0. The minimum atomic E-state index is -6.00. The van der Waals surface area contributed by atoms with Crippen LogP contribution < -0.4 is 4.57 Å². The van der Waals surface area contributed by atoms with Crippen LogP contribution in [0.3, 0.4) is 0 Å². The van der Waals surface area contributed by atoms with Gasteiger partial charge in [-0.05, 0) is 28.2 Å². The molecule has 3 rings (SSSR count). The summed E-state index contributed by atoms with van der Waals surface area (Å²) in [5.74, 6) is 0.878. The Morgan fingerprint density at radius 3 is 1.65 bits per heavy atom. The highest BCUT2D eigenvalue weighted by molar-refractivity contribution is 6.50. The molecule has 1 aromatic heterocycles. The average molecular weight is 479 g/mol. The Bertz CT molecular complexity index is 1100. The van der Waals surface area contributed by atoms with Gasteiger partial charge in [0.2, 0.25) is 11.3 Å². The minimum absolute atomic E-state index is 0.00758. The van der Waals surface area contributed by atoms with Crippen molar-refractivity contribution in [2.45, 2.75) is 91.9 Å². The van der Waals surface area contributed by atoms with Gasteiger partial charge in [0.05, 0.1) is 0 Å². The number of para-hydroxylation sites is 1. The molecule has 0 aliphatic heterocycles. The fourth-order valence-corrected chi connectivity index (χ4v) is 4.03. The fourth-order valence-electron chi connectivity index (χ4n) is 4.03. The Morgan fingerprint density at radius 1 is 0.794 bits per heavy atom. The van der Waals surface area contributed by atoms with E-state index in [4.69, 9.17) is 4.42 Å². The largest absolute Gasteiger partial charge is 0.673 e. The molecule has 0 radical (unpaired) electrons. The molecule has 188 valence electrons. The molecule has 0 aliphatic carbocycles. The molecule has 1 heterocycles. The predicted octanol–water partition coefficient (Wildman–Crippen LogP) is 8.85. The maximum absolute atomic E-state index is 9.75. The summed E-state index contributed by atoms with van der Waals surface area (Å²) in [6.07, 6.45) is 1.92. The number of oxazole rings is 1. The summed E-state index contributed by atoms with van der Waals surface area (Å²) >= 11 is 0. The smallest absolute Gasteiger partial charge is 0.418 e. The van der Waals surface area contributed by atoms with Gasteiger partial charge in [0.15, 0.2) is 0 Å². The Labute approximate surface area is 201 Å². The molecule has 0 atom stereocenters. The lowest BCUT2D eigenvalue weighted by molar-refractivity contribution is -0.574. The van der Waals surface area contributed by atoms with Crippen LogP contribution in [0.1, 0.15) is 103 Å². The first-order valence-electron chi connectivity index (χ1n) is 11.8. The van der Waals surface area contributed by atoms with E-state index in [1.54, 1.807) is 0 Å². The van der Waals surface area contributed by atoms with Crippen molar-refractivity contribution >= 4 is 18.4 Å². The lowest BCUT2D eigenvalue weighted by Gasteiger charge is -2.24. The molecule has 0 saturated heterocycles. The molecule has 3 aromatic rings. The van der Waals surface area contributed by atoms with E-state index < -0.39 is 7.25 Å². The van der Waals surface area contributed by atoms with E-state index in [-0.39, 0.29) is 10.8 Å². The van der Waals surface area contributed by atoms with Gasteiger partial charge >= 0.3 is 13.6 Å². The molecular formula is C27H38BF4NO. The molecular weight excluding hydrogens is 441 g/mol. The summed E-state index contributed by atoms with van der Waals surface area (Å²) in [7, 11) is -6.00. The normalized spacial score (nSPS) is 12.9. The summed E-state index contributed by atoms with van der Waals surface area (Å²) in [6.45, 7) is 22.7. The zero-order valence-corrected chi connectivity index (χ0v) is 22.1.